The summed E-state index contributed by atoms with van der Waals surface area (Å²) in [5.74, 6) is 3.26. The van der Waals surface area contributed by atoms with Crippen LogP contribution in [-0.2, 0) is 0 Å². The molecular formula is C14H20N4S. The lowest BCUT2D eigenvalue weighted by Crippen LogP contribution is -2.21. The van der Waals surface area contributed by atoms with Gasteiger partial charge in [-0.15, -0.1) is 11.3 Å². The number of aromatic nitrogens is 2. The van der Waals surface area contributed by atoms with Crippen LogP contribution in [0, 0.1) is 18.8 Å². The SMILES string of the molecule is CNc1nc(N2CC(C)C(C)C2)c2cc(C)sc2n1. The molecule has 1 aliphatic rings. The zero-order valence-electron chi connectivity index (χ0n) is 11.9. The highest BCUT2D eigenvalue weighted by Gasteiger charge is 2.28. The van der Waals surface area contributed by atoms with Crippen LogP contribution in [0.15, 0.2) is 6.07 Å². The van der Waals surface area contributed by atoms with Crippen LogP contribution in [0.4, 0.5) is 11.8 Å². The zero-order chi connectivity index (χ0) is 13.6. The van der Waals surface area contributed by atoms with E-state index in [1.807, 2.05) is 7.05 Å². The first-order chi connectivity index (χ1) is 9.08. The maximum absolute atomic E-state index is 4.69. The van der Waals surface area contributed by atoms with E-state index < -0.39 is 0 Å². The summed E-state index contributed by atoms with van der Waals surface area (Å²) in [6.07, 6.45) is 0. The third-order valence-electron chi connectivity index (χ3n) is 4.01. The lowest BCUT2D eigenvalue weighted by molar-refractivity contribution is 0.494. The molecule has 3 rings (SSSR count). The summed E-state index contributed by atoms with van der Waals surface area (Å²) in [6.45, 7) is 8.95. The molecule has 102 valence electrons. The summed E-state index contributed by atoms with van der Waals surface area (Å²) < 4.78 is 0. The Hall–Kier alpha value is -1.36. The molecule has 5 heteroatoms. The number of aryl methyl sites for hydroxylation is 1. The number of thiophene rings is 1. The van der Waals surface area contributed by atoms with E-state index in [0.29, 0.717) is 0 Å². The monoisotopic (exact) mass is 276 g/mol. The first-order valence-corrected chi connectivity index (χ1v) is 7.61. The number of anilines is 2. The molecule has 0 amide bonds. The van der Waals surface area contributed by atoms with Crippen molar-refractivity contribution in [3.05, 3.63) is 10.9 Å². The number of fused-ring (bicyclic) bond motifs is 1. The Kier molecular flexibility index (Phi) is 3.09. The smallest absolute Gasteiger partial charge is 0.225 e. The van der Waals surface area contributed by atoms with Crippen LogP contribution < -0.4 is 10.2 Å². The third kappa shape index (κ3) is 2.16. The van der Waals surface area contributed by atoms with Gasteiger partial charge in [0.25, 0.3) is 0 Å². The van der Waals surface area contributed by atoms with Crippen LogP contribution in [0.25, 0.3) is 10.2 Å². The topological polar surface area (TPSA) is 41.1 Å². The summed E-state index contributed by atoms with van der Waals surface area (Å²) >= 11 is 1.74. The number of hydrogen-bond donors (Lipinski definition) is 1. The van der Waals surface area contributed by atoms with Gasteiger partial charge in [-0.2, -0.15) is 4.98 Å². The van der Waals surface area contributed by atoms with Gasteiger partial charge in [-0.3, -0.25) is 0 Å². The fraction of sp³-hybridized carbons (Fsp3) is 0.571. The molecule has 0 aromatic carbocycles. The van der Waals surface area contributed by atoms with Crippen LogP contribution in [-0.4, -0.2) is 30.1 Å². The van der Waals surface area contributed by atoms with Crippen molar-refractivity contribution in [1.82, 2.24) is 9.97 Å². The van der Waals surface area contributed by atoms with Gasteiger partial charge in [0.15, 0.2) is 0 Å². The van der Waals surface area contributed by atoms with Crippen molar-refractivity contribution in [1.29, 1.82) is 0 Å². The normalized spacial score (nSPS) is 23.3. The van der Waals surface area contributed by atoms with Crippen molar-refractivity contribution in [3.8, 4) is 0 Å². The molecule has 1 saturated heterocycles. The Morgan fingerprint density at radius 3 is 2.58 bits per heavy atom. The fourth-order valence-corrected chi connectivity index (χ4v) is 3.56. The summed E-state index contributed by atoms with van der Waals surface area (Å²) in [4.78, 5) is 14.0. The summed E-state index contributed by atoms with van der Waals surface area (Å²) in [5.41, 5.74) is 0. The Balaban J connectivity index is 2.11. The second kappa shape index (κ2) is 4.63. The maximum atomic E-state index is 4.69. The third-order valence-corrected chi connectivity index (χ3v) is 4.95. The molecule has 2 aromatic heterocycles. The van der Waals surface area contributed by atoms with E-state index in [4.69, 9.17) is 4.98 Å². The van der Waals surface area contributed by atoms with Crippen molar-refractivity contribution in [3.63, 3.8) is 0 Å². The molecule has 19 heavy (non-hydrogen) atoms. The van der Waals surface area contributed by atoms with E-state index in [-0.39, 0.29) is 0 Å². The average molecular weight is 276 g/mol. The predicted molar refractivity (Wildman–Crippen MR) is 82.2 cm³/mol. The van der Waals surface area contributed by atoms with Gasteiger partial charge in [-0.05, 0) is 24.8 Å². The molecule has 1 N–H and O–H groups in total. The average Bonchev–Trinajstić information content (AvgIpc) is 2.90. The Morgan fingerprint density at radius 2 is 1.95 bits per heavy atom. The van der Waals surface area contributed by atoms with Crippen molar-refractivity contribution in [2.24, 2.45) is 11.8 Å². The van der Waals surface area contributed by atoms with Gasteiger partial charge in [0.1, 0.15) is 10.6 Å². The van der Waals surface area contributed by atoms with E-state index in [0.717, 1.165) is 41.5 Å². The van der Waals surface area contributed by atoms with Gasteiger partial charge in [-0.1, -0.05) is 13.8 Å². The summed E-state index contributed by atoms with van der Waals surface area (Å²) in [7, 11) is 1.88. The molecule has 1 fully saturated rings. The highest BCUT2D eigenvalue weighted by Crippen LogP contribution is 2.35. The van der Waals surface area contributed by atoms with Gasteiger partial charge in [0.05, 0.1) is 5.39 Å². The molecule has 0 bridgehead atoms. The number of nitrogens with one attached hydrogen (secondary N) is 1. The van der Waals surface area contributed by atoms with Gasteiger partial charge in [-0.25, -0.2) is 4.98 Å². The molecule has 3 heterocycles. The molecule has 2 atom stereocenters. The Bertz CT molecular complexity index is 597. The number of nitrogens with zero attached hydrogens (tertiary/aromatic N) is 3. The molecule has 2 aromatic rings. The molecular weight excluding hydrogens is 256 g/mol. The van der Waals surface area contributed by atoms with Gasteiger partial charge in [0.2, 0.25) is 5.95 Å². The second-order valence-corrected chi connectivity index (χ2v) is 6.79. The number of rotatable bonds is 2. The molecule has 0 radical (unpaired) electrons. The molecule has 4 nitrogen and oxygen atoms in total. The zero-order valence-corrected chi connectivity index (χ0v) is 12.7. The van der Waals surface area contributed by atoms with Crippen LogP contribution in [0.1, 0.15) is 18.7 Å². The highest BCUT2D eigenvalue weighted by atomic mass is 32.1. The first-order valence-electron chi connectivity index (χ1n) is 6.79. The van der Waals surface area contributed by atoms with E-state index in [1.54, 1.807) is 11.3 Å². The molecule has 0 spiro atoms. The van der Waals surface area contributed by atoms with Crippen LogP contribution >= 0.6 is 11.3 Å². The minimum absolute atomic E-state index is 0.719. The van der Waals surface area contributed by atoms with Crippen LogP contribution in [0.5, 0.6) is 0 Å². The minimum Gasteiger partial charge on any atom is -0.357 e. The highest BCUT2D eigenvalue weighted by molar-refractivity contribution is 7.18. The van der Waals surface area contributed by atoms with Crippen molar-refractivity contribution < 1.29 is 0 Å². The Labute approximate surface area is 117 Å². The fourth-order valence-electron chi connectivity index (χ4n) is 2.68. The van der Waals surface area contributed by atoms with Gasteiger partial charge < -0.3 is 10.2 Å². The maximum Gasteiger partial charge on any atom is 0.225 e. The van der Waals surface area contributed by atoms with E-state index >= 15 is 0 Å². The first kappa shape index (κ1) is 12.7. The molecule has 2 unspecified atom stereocenters. The molecule has 0 aliphatic carbocycles. The van der Waals surface area contributed by atoms with E-state index in [9.17, 15) is 0 Å². The van der Waals surface area contributed by atoms with Crippen molar-refractivity contribution in [2.75, 3.05) is 30.4 Å². The minimum atomic E-state index is 0.719. The lowest BCUT2D eigenvalue weighted by Gasteiger charge is -2.18. The van der Waals surface area contributed by atoms with Gasteiger partial charge in [0, 0.05) is 25.0 Å². The van der Waals surface area contributed by atoms with Crippen molar-refractivity contribution in [2.45, 2.75) is 20.8 Å². The van der Waals surface area contributed by atoms with E-state index in [1.165, 1.54) is 10.3 Å². The summed E-state index contributed by atoms with van der Waals surface area (Å²) in [6, 6.07) is 2.21. The second-order valence-electron chi connectivity index (χ2n) is 5.56. The quantitative estimate of drug-likeness (QED) is 0.915. The van der Waals surface area contributed by atoms with Gasteiger partial charge >= 0.3 is 0 Å². The van der Waals surface area contributed by atoms with Crippen LogP contribution in [0.3, 0.4) is 0 Å². The molecule has 1 aliphatic heterocycles. The standard InChI is InChI=1S/C14H20N4S/c1-8-6-18(7-9(8)2)12-11-5-10(3)19-13(11)17-14(15-4)16-12/h5,8-9H,6-7H2,1-4H3,(H,15,16,17). The van der Waals surface area contributed by atoms with Crippen molar-refractivity contribution >= 4 is 33.3 Å². The van der Waals surface area contributed by atoms with Crippen LogP contribution in [0.2, 0.25) is 0 Å². The van der Waals surface area contributed by atoms with E-state index in [2.05, 4.69) is 42.0 Å². The number of hydrogen-bond acceptors (Lipinski definition) is 5. The largest absolute Gasteiger partial charge is 0.357 e. The molecule has 0 saturated carbocycles. The summed E-state index contributed by atoms with van der Waals surface area (Å²) in [5, 5.41) is 4.27. The lowest BCUT2D eigenvalue weighted by atomic mass is 10.0. The Morgan fingerprint density at radius 1 is 1.26 bits per heavy atom. The predicted octanol–water partition coefficient (Wildman–Crippen LogP) is 3.13.